The minimum atomic E-state index is 0.731. The van der Waals surface area contributed by atoms with Gasteiger partial charge in [0.1, 0.15) is 0 Å². The molecule has 0 amide bonds. The Kier molecular flexibility index (Phi) is 6.50. The summed E-state index contributed by atoms with van der Waals surface area (Å²) in [4.78, 5) is 2.69. The molecular weight excluding hydrogens is 208 g/mol. The van der Waals surface area contributed by atoms with E-state index in [2.05, 4.69) is 45.0 Å². The Bertz CT molecular complexity index is 203. The van der Waals surface area contributed by atoms with E-state index in [1.807, 2.05) is 0 Å². The second kappa shape index (κ2) is 7.38. The molecule has 3 atom stereocenters. The van der Waals surface area contributed by atoms with Crippen molar-refractivity contribution in [1.29, 1.82) is 0 Å². The van der Waals surface area contributed by atoms with Crippen LogP contribution in [-0.4, -0.2) is 37.1 Å². The molecule has 0 aromatic carbocycles. The van der Waals surface area contributed by atoms with E-state index in [1.165, 1.54) is 38.8 Å². The number of nitrogens with zero attached hydrogens (tertiary/aromatic N) is 1. The number of nitrogens with one attached hydrogen (secondary N) is 1. The van der Waals surface area contributed by atoms with Gasteiger partial charge in [0.05, 0.1) is 0 Å². The minimum absolute atomic E-state index is 0.731. The molecule has 1 rings (SSSR count). The summed E-state index contributed by atoms with van der Waals surface area (Å²) in [6.07, 6.45) is 5.45. The molecule has 17 heavy (non-hydrogen) atoms. The SMILES string of the molecule is CNC1CCN(C(C)CCCC(C)C)CC1C. The van der Waals surface area contributed by atoms with Gasteiger partial charge in [-0.25, -0.2) is 0 Å². The second-order valence-corrected chi connectivity index (χ2v) is 6.33. The normalized spacial score (nSPS) is 28.6. The zero-order valence-electron chi connectivity index (χ0n) is 12.5. The first-order valence-corrected chi connectivity index (χ1v) is 7.46. The van der Waals surface area contributed by atoms with Crippen molar-refractivity contribution >= 4 is 0 Å². The zero-order chi connectivity index (χ0) is 12.8. The Morgan fingerprint density at radius 2 is 1.94 bits per heavy atom. The largest absolute Gasteiger partial charge is 0.317 e. The Labute approximate surface area is 108 Å². The van der Waals surface area contributed by atoms with Gasteiger partial charge in [-0.3, -0.25) is 0 Å². The molecule has 0 bridgehead atoms. The molecule has 0 aliphatic carbocycles. The molecule has 0 aromatic rings. The van der Waals surface area contributed by atoms with Gasteiger partial charge in [-0.1, -0.05) is 33.6 Å². The minimum Gasteiger partial charge on any atom is -0.317 e. The van der Waals surface area contributed by atoms with Crippen molar-refractivity contribution in [1.82, 2.24) is 10.2 Å². The first-order chi connectivity index (χ1) is 8.04. The fourth-order valence-corrected chi connectivity index (χ4v) is 3.01. The van der Waals surface area contributed by atoms with Crippen LogP contribution >= 0.6 is 0 Å². The van der Waals surface area contributed by atoms with E-state index in [0.29, 0.717) is 0 Å². The summed E-state index contributed by atoms with van der Waals surface area (Å²) >= 11 is 0. The third-order valence-electron chi connectivity index (χ3n) is 4.33. The predicted octanol–water partition coefficient (Wildman–Crippen LogP) is 3.13. The van der Waals surface area contributed by atoms with Crippen LogP contribution in [0, 0.1) is 11.8 Å². The molecule has 1 fully saturated rings. The average molecular weight is 240 g/mol. The molecule has 0 saturated carbocycles. The average Bonchev–Trinajstić information content (AvgIpc) is 2.28. The monoisotopic (exact) mass is 240 g/mol. The molecular formula is C15H32N2. The maximum absolute atomic E-state index is 3.44. The van der Waals surface area contributed by atoms with E-state index in [-0.39, 0.29) is 0 Å². The number of rotatable bonds is 6. The Hall–Kier alpha value is -0.0800. The van der Waals surface area contributed by atoms with E-state index in [9.17, 15) is 0 Å². The second-order valence-electron chi connectivity index (χ2n) is 6.33. The van der Waals surface area contributed by atoms with Crippen molar-refractivity contribution in [2.45, 2.75) is 65.5 Å². The molecule has 0 radical (unpaired) electrons. The highest BCUT2D eigenvalue weighted by Crippen LogP contribution is 2.21. The Morgan fingerprint density at radius 1 is 1.24 bits per heavy atom. The summed E-state index contributed by atoms with van der Waals surface area (Å²) in [6, 6.07) is 1.50. The van der Waals surface area contributed by atoms with Crippen LogP contribution in [0.4, 0.5) is 0 Å². The maximum Gasteiger partial charge on any atom is 0.0114 e. The zero-order valence-corrected chi connectivity index (χ0v) is 12.5. The first kappa shape index (κ1) is 15.0. The van der Waals surface area contributed by atoms with Gasteiger partial charge < -0.3 is 10.2 Å². The molecule has 3 unspecified atom stereocenters. The number of likely N-dealkylation sites (tertiary alicyclic amines) is 1. The number of hydrogen-bond donors (Lipinski definition) is 1. The summed E-state index contributed by atoms with van der Waals surface area (Å²) < 4.78 is 0. The van der Waals surface area contributed by atoms with Crippen LogP contribution in [0.1, 0.15) is 53.4 Å². The molecule has 1 aliphatic rings. The summed E-state index contributed by atoms with van der Waals surface area (Å²) in [6.45, 7) is 12.0. The molecule has 2 nitrogen and oxygen atoms in total. The van der Waals surface area contributed by atoms with Gasteiger partial charge >= 0.3 is 0 Å². The van der Waals surface area contributed by atoms with Gasteiger partial charge in [0.2, 0.25) is 0 Å². The fourth-order valence-electron chi connectivity index (χ4n) is 3.01. The standard InChI is InChI=1S/C15H32N2/c1-12(2)7-6-8-14(4)17-10-9-15(16-5)13(3)11-17/h12-16H,6-11H2,1-5H3. The van der Waals surface area contributed by atoms with Crippen LogP contribution in [0.15, 0.2) is 0 Å². The lowest BCUT2D eigenvalue weighted by Crippen LogP contribution is -2.49. The van der Waals surface area contributed by atoms with Crippen molar-refractivity contribution in [3.63, 3.8) is 0 Å². The van der Waals surface area contributed by atoms with Crippen LogP contribution in [0.25, 0.3) is 0 Å². The summed E-state index contributed by atoms with van der Waals surface area (Å²) in [5.74, 6) is 1.65. The van der Waals surface area contributed by atoms with Crippen molar-refractivity contribution in [3.8, 4) is 0 Å². The number of piperidine rings is 1. The fraction of sp³-hybridized carbons (Fsp3) is 1.00. The van der Waals surface area contributed by atoms with Crippen LogP contribution in [-0.2, 0) is 0 Å². The van der Waals surface area contributed by atoms with E-state index in [1.54, 1.807) is 0 Å². The number of hydrogen-bond acceptors (Lipinski definition) is 2. The Balaban J connectivity index is 2.26. The first-order valence-electron chi connectivity index (χ1n) is 7.46. The van der Waals surface area contributed by atoms with Gasteiger partial charge in [0.25, 0.3) is 0 Å². The van der Waals surface area contributed by atoms with Gasteiger partial charge in [0, 0.05) is 18.6 Å². The van der Waals surface area contributed by atoms with Crippen LogP contribution in [0.5, 0.6) is 0 Å². The highest BCUT2D eigenvalue weighted by molar-refractivity contribution is 4.84. The molecule has 1 heterocycles. The smallest absolute Gasteiger partial charge is 0.0114 e. The highest BCUT2D eigenvalue weighted by atomic mass is 15.2. The van der Waals surface area contributed by atoms with Crippen molar-refractivity contribution in [3.05, 3.63) is 0 Å². The molecule has 1 aliphatic heterocycles. The van der Waals surface area contributed by atoms with Crippen molar-refractivity contribution < 1.29 is 0 Å². The lowest BCUT2D eigenvalue weighted by molar-refractivity contribution is 0.108. The molecule has 102 valence electrons. The predicted molar refractivity (Wildman–Crippen MR) is 76.4 cm³/mol. The Morgan fingerprint density at radius 3 is 2.47 bits per heavy atom. The van der Waals surface area contributed by atoms with E-state index in [4.69, 9.17) is 0 Å². The quantitative estimate of drug-likeness (QED) is 0.767. The van der Waals surface area contributed by atoms with E-state index in [0.717, 1.165) is 23.9 Å². The highest BCUT2D eigenvalue weighted by Gasteiger charge is 2.26. The van der Waals surface area contributed by atoms with Crippen LogP contribution < -0.4 is 5.32 Å². The molecule has 1 N–H and O–H groups in total. The van der Waals surface area contributed by atoms with Crippen LogP contribution in [0.3, 0.4) is 0 Å². The summed E-state index contributed by atoms with van der Waals surface area (Å²) in [5.41, 5.74) is 0. The molecule has 2 heteroatoms. The molecule has 0 spiro atoms. The lowest BCUT2D eigenvalue weighted by Gasteiger charge is -2.40. The van der Waals surface area contributed by atoms with Gasteiger partial charge in [-0.15, -0.1) is 0 Å². The maximum atomic E-state index is 3.44. The van der Waals surface area contributed by atoms with Crippen molar-refractivity contribution in [2.24, 2.45) is 11.8 Å². The summed E-state index contributed by atoms with van der Waals surface area (Å²) in [7, 11) is 2.10. The third kappa shape index (κ3) is 4.97. The summed E-state index contributed by atoms with van der Waals surface area (Å²) in [5, 5.41) is 3.44. The van der Waals surface area contributed by atoms with Gasteiger partial charge in [-0.05, 0) is 45.2 Å². The van der Waals surface area contributed by atoms with Gasteiger partial charge in [0.15, 0.2) is 0 Å². The third-order valence-corrected chi connectivity index (χ3v) is 4.33. The molecule has 1 saturated heterocycles. The molecule has 0 aromatic heterocycles. The topological polar surface area (TPSA) is 15.3 Å². The van der Waals surface area contributed by atoms with Gasteiger partial charge in [-0.2, -0.15) is 0 Å². The van der Waals surface area contributed by atoms with Crippen molar-refractivity contribution in [2.75, 3.05) is 20.1 Å². The lowest BCUT2D eigenvalue weighted by atomic mass is 9.92. The van der Waals surface area contributed by atoms with E-state index >= 15 is 0 Å². The van der Waals surface area contributed by atoms with Crippen LogP contribution in [0.2, 0.25) is 0 Å². The van der Waals surface area contributed by atoms with E-state index < -0.39 is 0 Å².